The molecule has 1 aliphatic rings. The lowest BCUT2D eigenvalue weighted by atomic mass is 9.93. The highest BCUT2D eigenvalue weighted by Gasteiger charge is 2.22. The fourth-order valence-corrected chi connectivity index (χ4v) is 3.71. The Morgan fingerprint density at radius 3 is 2.60 bits per heavy atom. The van der Waals surface area contributed by atoms with E-state index in [9.17, 15) is 9.90 Å². The zero-order valence-corrected chi connectivity index (χ0v) is 13.9. The minimum Gasteiger partial charge on any atom is -0.508 e. The number of pyridine rings is 2. The van der Waals surface area contributed by atoms with Crippen molar-refractivity contribution >= 4 is 39.5 Å². The highest BCUT2D eigenvalue weighted by molar-refractivity contribution is 6.14. The monoisotopic (exact) mass is 328 g/mol. The molecule has 4 heteroatoms. The lowest BCUT2D eigenvalue weighted by Gasteiger charge is -2.11. The van der Waals surface area contributed by atoms with Crippen molar-refractivity contribution in [1.82, 2.24) is 9.38 Å². The van der Waals surface area contributed by atoms with Gasteiger partial charge in [0.15, 0.2) is 0 Å². The van der Waals surface area contributed by atoms with Crippen molar-refractivity contribution in [3.05, 3.63) is 64.1 Å². The van der Waals surface area contributed by atoms with Crippen molar-refractivity contribution < 1.29 is 5.11 Å². The summed E-state index contributed by atoms with van der Waals surface area (Å²) in [6.07, 6.45) is 9.83. The summed E-state index contributed by atoms with van der Waals surface area (Å²) in [7, 11) is 0. The summed E-state index contributed by atoms with van der Waals surface area (Å²) in [4.78, 5) is 17.9. The number of phenols is 1. The van der Waals surface area contributed by atoms with Crippen molar-refractivity contribution in [3.63, 3.8) is 0 Å². The SMILES string of the molecule is CC1(C)C=Cc2c(c3nccc4c5cc(O)ccc5n(c2=O)c34)C=C1. The van der Waals surface area contributed by atoms with Crippen LogP contribution in [0.2, 0.25) is 0 Å². The number of benzene rings is 1. The van der Waals surface area contributed by atoms with Crippen LogP contribution in [0.15, 0.2) is 47.4 Å². The van der Waals surface area contributed by atoms with E-state index < -0.39 is 0 Å². The fraction of sp³-hybridized carbons (Fsp3) is 0.143. The Labute approximate surface area is 143 Å². The smallest absolute Gasteiger partial charge is 0.263 e. The molecule has 0 unspecified atom stereocenters. The molecule has 0 atom stereocenters. The Morgan fingerprint density at radius 2 is 1.80 bits per heavy atom. The Morgan fingerprint density at radius 1 is 1.04 bits per heavy atom. The van der Waals surface area contributed by atoms with Gasteiger partial charge in [0.25, 0.3) is 5.56 Å². The molecule has 0 fully saturated rings. The van der Waals surface area contributed by atoms with Crippen LogP contribution in [0, 0.1) is 5.41 Å². The molecule has 1 N–H and O–H groups in total. The first-order chi connectivity index (χ1) is 12.0. The maximum absolute atomic E-state index is 13.3. The quantitative estimate of drug-likeness (QED) is 0.526. The third kappa shape index (κ3) is 1.82. The van der Waals surface area contributed by atoms with E-state index in [0.717, 1.165) is 32.9 Å². The fourth-order valence-electron chi connectivity index (χ4n) is 3.71. The van der Waals surface area contributed by atoms with E-state index in [1.54, 1.807) is 28.8 Å². The molecule has 1 aromatic carbocycles. The lowest BCUT2D eigenvalue weighted by Crippen LogP contribution is -2.17. The van der Waals surface area contributed by atoms with Gasteiger partial charge in [0.2, 0.25) is 0 Å². The summed E-state index contributed by atoms with van der Waals surface area (Å²) in [5.74, 6) is 0.188. The molecule has 0 amide bonds. The van der Waals surface area contributed by atoms with Gasteiger partial charge in [0, 0.05) is 33.5 Å². The number of hydrogen-bond acceptors (Lipinski definition) is 3. The van der Waals surface area contributed by atoms with Crippen LogP contribution in [0.4, 0.5) is 0 Å². The van der Waals surface area contributed by atoms with Gasteiger partial charge in [-0.2, -0.15) is 0 Å². The van der Waals surface area contributed by atoms with E-state index >= 15 is 0 Å². The molecule has 0 aliphatic heterocycles. The molecular formula is C21H16N2O2. The molecule has 5 rings (SSSR count). The van der Waals surface area contributed by atoms with Crippen LogP contribution in [-0.4, -0.2) is 14.5 Å². The molecule has 25 heavy (non-hydrogen) atoms. The Kier molecular flexibility index (Phi) is 2.55. The molecule has 0 saturated heterocycles. The number of phenolic OH excluding ortho intramolecular Hbond substituents is 1. The van der Waals surface area contributed by atoms with Crippen molar-refractivity contribution in [2.24, 2.45) is 5.41 Å². The van der Waals surface area contributed by atoms with E-state index in [1.165, 1.54) is 0 Å². The second-order valence-electron chi connectivity index (χ2n) is 7.21. The van der Waals surface area contributed by atoms with Crippen molar-refractivity contribution in [3.8, 4) is 5.75 Å². The summed E-state index contributed by atoms with van der Waals surface area (Å²) < 4.78 is 1.72. The highest BCUT2D eigenvalue weighted by atomic mass is 16.3. The van der Waals surface area contributed by atoms with Gasteiger partial charge in [-0.1, -0.05) is 38.2 Å². The first-order valence-electron chi connectivity index (χ1n) is 8.26. The number of rotatable bonds is 0. The van der Waals surface area contributed by atoms with Crippen LogP contribution in [0.1, 0.15) is 25.0 Å². The summed E-state index contributed by atoms with van der Waals surface area (Å²) in [6, 6.07) is 7.01. The average molecular weight is 328 g/mol. The normalized spacial score (nSPS) is 15.9. The maximum atomic E-state index is 13.3. The standard InChI is InChI=1S/C21H16N2O2/c1-21(2)8-5-13-15(6-9-21)20(25)23-17-4-3-12(24)11-16(17)14-7-10-22-18(13)19(14)23/h3-11,24H,1-2H3. The molecule has 4 aromatic rings. The van der Waals surface area contributed by atoms with Crippen LogP contribution in [0.5, 0.6) is 5.75 Å². The second kappa shape index (κ2) is 4.48. The third-order valence-corrected chi connectivity index (χ3v) is 5.00. The van der Waals surface area contributed by atoms with Gasteiger partial charge in [-0.05, 0) is 24.3 Å². The number of hydrogen-bond donors (Lipinski definition) is 1. The molecule has 122 valence electrons. The van der Waals surface area contributed by atoms with Crippen LogP contribution >= 0.6 is 0 Å². The van der Waals surface area contributed by atoms with Gasteiger partial charge in [-0.15, -0.1) is 0 Å². The van der Waals surface area contributed by atoms with E-state index in [-0.39, 0.29) is 16.7 Å². The van der Waals surface area contributed by atoms with Crippen LogP contribution < -0.4 is 5.56 Å². The van der Waals surface area contributed by atoms with Gasteiger partial charge in [0.05, 0.1) is 16.6 Å². The minimum atomic E-state index is -0.117. The van der Waals surface area contributed by atoms with Crippen LogP contribution in [0.25, 0.3) is 39.5 Å². The van der Waals surface area contributed by atoms with Crippen LogP contribution in [0.3, 0.4) is 0 Å². The number of nitrogens with zero attached hydrogens (tertiary/aromatic N) is 2. The van der Waals surface area contributed by atoms with Gasteiger partial charge in [-0.25, -0.2) is 0 Å². The summed E-state index contributed by atoms with van der Waals surface area (Å²) in [5, 5.41) is 11.7. The summed E-state index contributed by atoms with van der Waals surface area (Å²) >= 11 is 0. The average Bonchev–Trinajstić information content (AvgIpc) is 2.80. The number of allylic oxidation sites excluding steroid dienone is 2. The number of aromatic nitrogens is 2. The van der Waals surface area contributed by atoms with E-state index in [0.29, 0.717) is 5.56 Å². The van der Waals surface area contributed by atoms with E-state index in [2.05, 4.69) is 24.9 Å². The maximum Gasteiger partial charge on any atom is 0.263 e. The molecule has 0 bridgehead atoms. The molecule has 1 aliphatic carbocycles. The number of fused-ring (bicyclic) bond motifs is 5. The van der Waals surface area contributed by atoms with Gasteiger partial charge in [-0.3, -0.25) is 14.2 Å². The predicted octanol–water partition coefficient (Wildman–Crippen LogP) is 4.21. The topological polar surface area (TPSA) is 54.6 Å². The van der Waals surface area contributed by atoms with Crippen LogP contribution in [-0.2, 0) is 0 Å². The molecule has 0 saturated carbocycles. The lowest BCUT2D eigenvalue weighted by molar-refractivity contribution is 0.476. The van der Waals surface area contributed by atoms with Gasteiger partial charge in [0.1, 0.15) is 5.75 Å². The molecule has 0 spiro atoms. The molecule has 0 radical (unpaired) electrons. The summed E-state index contributed by atoms with van der Waals surface area (Å²) in [5.41, 5.74) is 3.75. The van der Waals surface area contributed by atoms with Crippen molar-refractivity contribution in [1.29, 1.82) is 0 Å². The highest BCUT2D eigenvalue weighted by Crippen LogP contribution is 2.36. The first kappa shape index (κ1) is 14.2. The van der Waals surface area contributed by atoms with E-state index in [4.69, 9.17) is 0 Å². The van der Waals surface area contributed by atoms with Gasteiger partial charge < -0.3 is 5.11 Å². The molecule has 4 nitrogen and oxygen atoms in total. The molecule has 3 aromatic heterocycles. The number of aromatic hydroxyl groups is 1. The molecule has 3 heterocycles. The van der Waals surface area contributed by atoms with E-state index in [1.807, 2.05) is 24.3 Å². The predicted molar refractivity (Wildman–Crippen MR) is 101 cm³/mol. The zero-order chi connectivity index (χ0) is 17.3. The largest absolute Gasteiger partial charge is 0.508 e. The zero-order valence-electron chi connectivity index (χ0n) is 13.9. The summed E-state index contributed by atoms with van der Waals surface area (Å²) in [6.45, 7) is 4.21. The minimum absolute atomic E-state index is 0.0558. The Hall–Kier alpha value is -3.14. The van der Waals surface area contributed by atoms with Gasteiger partial charge >= 0.3 is 0 Å². The molecular weight excluding hydrogens is 312 g/mol. The Bertz CT molecular complexity index is 1290. The third-order valence-electron chi connectivity index (χ3n) is 5.00. The Balaban J connectivity index is 2.10. The second-order valence-corrected chi connectivity index (χ2v) is 7.21. The van der Waals surface area contributed by atoms with Crippen molar-refractivity contribution in [2.45, 2.75) is 13.8 Å². The first-order valence-corrected chi connectivity index (χ1v) is 8.26. The van der Waals surface area contributed by atoms with Crippen molar-refractivity contribution in [2.75, 3.05) is 0 Å².